The van der Waals surface area contributed by atoms with Gasteiger partial charge in [-0.1, -0.05) is 0 Å². The number of hydrogen-bond donors (Lipinski definition) is 2. The number of aromatic nitrogens is 1. The van der Waals surface area contributed by atoms with Gasteiger partial charge < -0.3 is 15.6 Å². The Bertz CT molecular complexity index is 613. The molecule has 3 rings (SSSR count). The number of aromatic amines is 1. The lowest BCUT2D eigenvalue weighted by Gasteiger charge is -2.20. The molecule has 0 unspecified atom stereocenters. The van der Waals surface area contributed by atoms with Crippen molar-refractivity contribution in [3.8, 4) is 0 Å². The first-order valence-corrected chi connectivity index (χ1v) is 6.85. The van der Waals surface area contributed by atoms with Crippen LogP contribution in [0.5, 0.6) is 0 Å². The van der Waals surface area contributed by atoms with Crippen molar-refractivity contribution in [3.05, 3.63) is 30.0 Å². The Morgan fingerprint density at radius 1 is 1.47 bits per heavy atom. The van der Waals surface area contributed by atoms with Crippen LogP contribution < -0.4 is 5.73 Å². The molecule has 0 radical (unpaired) electrons. The van der Waals surface area contributed by atoms with E-state index in [9.17, 15) is 4.79 Å². The summed E-state index contributed by atoms with van der Waals surface area (Å²) in [6.45, 7) is 3.68. The first kappa shape index (κ1) is 12.1. The van der Waals surface area contributed by atoms with E-state index in [0.717, 1.165) is 29.6 Å². The molecular weight excluding hydrogens is 238 g/mol. The van der Waals surface area contributed by atoms with Gasteiger partial charge in [-0.25, -0.2) is 0 Å². The van der Waals surface area contributed by atoms with Crippen molar-refractivity contribution in [2.75, 3.05) is 18.8 Å². The maximum Gasteiger partial charge on any atom is 0.256 e. The third-order valence-corrected chi connectivity index (χ3v) is 3.78. The monoisotopic (exact) mass is 257 g/mol. The molecule has 0 bridgehead atoms. The number of fused-ring (bicyclic) bond motifs is 1. The average molecular weight is 257 g/mol. The van der Waals surface area contributed by atoms with Crippen LogP contribution in [0.2, 0.25) is 0 Å². The summed E-state index contributed by atoms with van der Waals surface area (Å²) in [7, 11) is 0. The van der Waals surface area contributed by atoms with Crippen LogP contribution >= 0.6 is 0 Å². The molecule has 0 saturated heterocycles. The zero-order valence-electron chi connectivity index (χ0n) is 11.1. The van der Waals surface area contributed by atoms with Gasteiger partial charge in [-0.3, -0.25) is 4.79 Å². The zero-order valence-corrected chi connectivity index (χ0v) is 11.1. The molecule has 1 heterocycles. The second-order valence-electron chi connectivity index (χ2n) is 5.29. The summed E-state index contributed by atoms with van der Waals surface area (Å²) >= 11 is 0. The maximum absolute atomic E-state index is 12.6. The Morgan fingerprint density at radius 2 is 2.26 bits per heavy atom. The zero-order chi connectivity index (χ0) is 13.4. The molecule has 0 spiro atoms. The molecule has 0 atom stereocenters. The van der Waals surface area contributed by atoms with Gasteiger partial charge in [0.1, 0.15) is 0 Å². The van der Waals surface area contributed by atoms with Crippen LogP contribution in [0.25, 0.3) is 10.9 Å². The van der Waals surface area contributed by atoms with Crippen molar-refractivity contribution >= 4 is 22.5 Å². The van der Waals surface area contributed by atoms with Gasteiger partial charge in [-0.2, -0.15) is 0 Å². The Morgan fingerprint density at radius 3 is 2.95 bits per heavy atom. The average Bonchev–Trinajstić information content (AvgIpc) is 3.13. The van der Waals surface area contributed by atoms with Crippen molar-refractivity contribution in [1.82, 2.24) is 9.88 Å². The molecule has 1 aromatic heterocycles. The molecule has 3 N–H and O–H groups in total. The minimum atomic E-state index is 0.116. The lowest BCUT2D eigenvalue weighted by Crippen LogP contribution is -2.32. The highest BCUT2D eigenvalue weighted by atomic mass is 16.2. The smallest absolute Gasteiger partial charge is 0.256 e. The number of benzene rings is 1. The number of amides is 1. The van der Waals surface area contributed by atoms with Crippen LogP contribution in [0.4, 0.5) is 5.69 Å². The molecule has 1 aliphatic carbocycles. The van der Waals surface area contributed by atoms with Crippen LogP contribution in [0.1, 0.15) is 30.1 Å². The Hall–Kier alpha value is -1.97. The van der Waals surface area contributed by atoms with Crippen molar-refractivity contribution in [2.45, 2.75) is 19.8 Å². The SMILES string of the molecule is CCN(CC1CC1)C(=O)c1c[nH]c2cc(N)ccc12. The second kappa shape index (κ2) is 4.61. The first-order valence-electron chi connectivity index (χ1n) is 6.85. The van der Waals surface area contributed by atoms with E-state index in [4.69, 9.17) is 5.73 Å². The largest absolute Gasteiger partial charge is 0.399 e. The Kier molecular flexibility index (Phi) is 2.93. The highest BCUT2D eigenvalue weighted by molar-refractivity contribution is 6.07. The highest BCUT2D eigenvalue weighted by Crippen LogP contribution is 2.30. The standard InChI is InChI=1S/C15H19N3O/c1-2-18(9-10-3-4-10)15(19)13-8-17-14-7-11(16)5-6-12(13)14/h5-8,10,17H,2-4,9,16H2,1H3. The molecule has 2 aromatic rings. The van der Waals surface area contributed by atoms with Crippen LogP contribution in [-0.2, 0) is 0 Å². The molecule has 4 nitrogen and oxygen atoms in total. The Balaban J connectivity index is 1.91. The fourth-order valence-corrected chi connectivity index (χ4v) is 2.46. The molecule has 4 heteroatoms. The van der Waals surface area contributed by atoms with Crippen LogP contribution in [0.15, 0.2) is 24.4 Å². The predicted octanol–water partition coefficient (Wildman–Crippen LogP) is 2.62. The van der Waals surface area contributed by atoms with E-state index in [1.807, 2.05) is 30.0 Å². The third-order valence-electron chi connectivity index (χ3n) is 3.78. The van der Waals surface area contributed by atoms with E-state index in [2.05, 4.69) is 4.98 Å². The predicted molar refractivity (Wildman–Crippen MR) is 77.0 cm³/mol. The lowest BCUT2D eigenvalue weighted by atomic mass is 10.1. The van der Waals surface area contributed by atoms with Gasteiger partial charge in [-0.15, -0.1) is 0 Å². The molecule has 1 fully saturated rings. The summed E-state index contributed by atoms with van der Waals surface area (Å²) in [5.74, 6) is 0.829. The molecule has 19 heavy (non-hydrogen) atoms. The van der Waals surface area contributed by atoms with Crippen LogP contribution in [0.3, 0.4) is 0 Å². The van der Waals surface area contributed by atoms with Crippen molar-refractivity contribution in [3.63, 3.8) is 0 Å². The van der Waals surface area contributed by atoms with E-state index < -0.39 is 0 Å². The number of rotatable bonds is 4. The van der Waals surface area contributed by atoms with E-state index in [1.165, 1.54) is 12.8 Å². The number of nitrogens with one attached hydrogen (secondary N) is 1. The number of hydrogen-bond acceptors (Lipinski definition) is 2. The second-order valence-corrected chi connectivity index (χ2v) is 5.29. The first-order chi connectivity index (χ1) is 9.19. The van der Waals surface area contributed by atoms with E-state index in [-0.39, 0.29) is 5.91 Å². The number of carbonyl (C=O) groups excluding carboxylic acids is 1. The van der Waals surface area contributed by atoms with E-state index >= 15 is 0 Å². The van der Waals surface area contributed by atoms with Gasteiger partial charge in [0.15, 0.2) is 0 Å². The van der Waals surface area contributed by atoms with Gasteiger partial charge in [-0.05, 0) is 43.9 Å². The third kappa shape index (κ3) is 2.30. The van der Waals surface area contributed by atoms with Gasteiger partial charge in [0.2, 0.25) is 0 Å². The summed E-state index contributed by atoms with van der Waals surface area (Å²) < 4.78 is 0. The number of nitrogen functional groups attached to an aromatic ring is 1. The summed E-state index contributed by atoms with van der Waals surface area (Å²) in [5, 5.41) is 0.952. The van der Waals surface area contributed by atoms with E-state index in [0.29, 0.717) is 11.6 Å². The van der Waals surface area contributed by atoms with Crippen LogP contribution in [0, 0.1) is 5.92 Å². The quantitative estimate of drug-likeness (QED) is 0.827. The molecule has 1 amide bonds. The van der Waals surface area contributed by atoms with Crippen molar-refractivity contribution in [2.24, 2.45) is 5.92 Å². The minimum Gasteiger partial charge on any atom is -0.399 e. The molecule has 1 saturated carbocycles. The molecule has 1 aromatic carbocycles. The summed E-state index contributed by atoms with van der Waals surface area (Å²) in [6, 6.07) is 5.62. The summed E-state index contributed by atoms with van der Waals surface area (Å²) in [6.07, 6.45) is 4.31. The number of nitrogens with two attached hydrogens (primary N) is 1. The van der Waals surface area contributed by atoms with Gasteiger partial charge in [0, 0.05) is 35.9 Å². The van der Waals surface area contributed by atoms with Crippen LogP contribution in [-0.4, -0.2) is 28.9 Å². The fraction of sp³-hybridized carbons (Fsp3) is 0.400. The minimum absolute atomic E-state index is 0.116. The summed E-state index contributed by atoms with van der Waals surface area (Å²) in [4.78, 5) is 17.6. The molecule has 1 aliphatic rings. The molecular formula is C15H19N3O. The number of nitrogens with zero attached hydrogens (tertiary/aromatic N) is 1. The van der Waals surface area contributed by atoms with Crippen molar-refractivity contribution < 1.29 is 4.79 Å². The summed E-state index contributed by atoms with van der Waals surface area (Å²) in [5.41, 5.74) is 8.13. The van der Waals surface area contributed by atoms with E-state index in [1.54, 1.807) is 6.20 Å². The van der Waals surface area contributed by atoms with Gasteiger partial charge >= 0.3 is 0 Å². The normalized spacial score (nSPS) is 14.8. The van der Waals surface area contributed by atoms with Crippen molar-refractivity contribution in [1.29, 1.82) is 0 Å². The topological polar surface area (TPSA) is 62.1 Å². The number of carbonyl (C=O) groups is 1. The molecule has 0 aliphatic heterocycles. The molecule has 100 valence electrons. The number of anilines is 1. The Labute approximate surface area is 112 Å². The number of H-pyrrole nitrogens is 1. The fourth-order valence-electron chi connectivity index (χ4n) is 2.46. The highest BCUT2D eigenvalue weighted by Gasteiger charge is 2.27. The van der Waals surface area contributed by atoms with Gasteiger partial charge in [0.05, 0.1) is 5.56 Å². The van der Waals surface area contributed by atoms with Gasteiger partial charge in [0.25, 0.3) is 5.91 Å². The maximum atomic E-state index is 12.6. The lowest BCUT2D eigenvalue weighted by molar-refractivity contribution is 0.0759.